The summed E-state index contributed by atoms with van der Waals surface area (Å²) in [4.78, 5) is 2.50. The molecule has 2 aliphatic rings. The van der Waals surface area contributed by atoms with Gasteiger partial charge >= 0.3 is 0 Å². The Morgan fingerprint density at radius 1 is 1.33 bits per heavy atom. The van der Waals surface area contributed by atoms with Crippen molar-refractivity contribution in [1.29, 1.82) is 0 Å². The molecule has 116 valence electrons. The molecule has 3 rings (SSSR count). The number of nitrogens with two attached hydrogens (primary N) is 1. The van der Waals surface area contributed by atoms with Gasteiger partial charge in [-0.05, 0) is 43.4 Å². The van der Waals surface area contributed by atoms with Crippen LogP contribution in [0.3, 0.4) is 0 Å². The monoisotopic (exact) mass is 310 g/mol. The maximum atomic E-state index is 6.32. The van der Waals surface area contributed by atoms with Gasteiger partial charge in [0, 0.05) is 25.2 Å². The molecule has 1 saturated heterocycles. The Morgan fingerprint density at radius 3 is 2.90 bits per heavy atom. The molecule has 0 radical (unpaired) electrons. The summed E-state index contributed by atoms with van der Waals surface area (Å²) >= 11 is 6.32. The number of ether oxygens (including phenoxy) is 2. The standard InChI is InChI=1S/C16H23ClN2O2/c1-10-3-4-11(2)19(8-10)14(7-18)12-5-13(17)16-15(6-12)20-9-21-16/h5-6,10-11,14H,3-4,7-9,18H2,1-2H3. The van der Waals surface area contributed by atoms with E-state index < -0.39 is 0 Å². The molecule has 0 spiro atoms. The summed E-state index contributed by atoms with van der Waals surface area (Å²) in [5, 5.41) is 0.608. The summed E-state index contributed by atoms with van der Waals surface area (Å²) in [6.45, 7) is 6.48. The first-order valence-corrected chi connectivity index (χ1v) is 8.02. The average molecular weight is 311 g/mol. The Bertz CT molecular complexity index is 523. The van der Waals surface area contributed by atoms with Crippen molar-refractivity contribution in [2.75, 3.05) is 19.9 Å². The molecular weight excluding hydrogens is 288 g/mol. The Labute approximate surface area is 131 Å². The van der Waals surface area contributed by atoms with E-state index >= 15 is 0 Å². The highest BCUT2D eigenvalue weighted by Crippen LogP contribution is 2.42. The van der Waals surface area contributed by atoms with Crippen LogP contribution in [0.1, 0.15) is 38.3 Å². The third kappa shape index (κ3) is 2.85. The molecule has 4 nitrogen and oxygen atoms in total. The van der Waals surface area contributed by atoms with E-state index in [9.17, 15) is 0 Å². The van der Waals surface area contributed by atoms with Gasteiger partial charge in [0.25, 0.3) is 0 Å². The molecular formula is C16H23ClN2O2. The average Bonchev–Trinajstić information content (AvgIpc) is 2.92. The fourth-order valence-corrected chi connectivity index (χ4v) is 3.67. The molecule has 3 unspecified atom stereocenters. The van der Waals surface area contributed by atoms with Crippen LogP contribution in [0.2, 0.25) is 5.02 Å². The maximum absolute atomic E-state index is 6.32. The molecule has 0 bridgehead atoms. The van der Waals surface area contributed by atoms with Gasteiger partial charge < -0.3 is 15.2 Å². The van der Waals surface area contributed by atoms with E-state index in [1.807, 2.05) is 12.1 Å². The third-order valence-electron chi connectivity index (χ3n) is 4.62. The molecule has 1 aromatic rings. The first-order valence-electron chi connectivity index (χ1n) is 7.65. The summed E-state index contributed by atoms with van der Waals surface area (Å²) in [5.41, 5.74) is 7.20. The van der Waals surface area contributed by atoms with Gasteiger partial charge in [0.15, 0.2) is 11.5 Å². The number of benzene rings is 1. The molecule has 0 amide bonds. The van der Waals surface area contributed by atoms with Crippen molar-refractivity contribution in [3.8, 4) is 11.5 Å². The third-order valence-corrected chi connectivity index (χ3v) is 4.90. The van der Waals surface area contributed by atoms with Crippen molar-refractivity contribution < 1.29 is 9.47 Å². The minimum atomic E-state index is 0.176. The van der Waals surface area contributed by atoms with Gasteiger partial charge in [-0.2, -0.15) is 0 Å². The molecule has 0 saturated carbocycles. The second-order valence-corrected chi connectivity index (χ2v) is 6.62. The Balaban J connectivity index is 1.91. The van der Waals surface area contributed by atoms with E-state index in [2.05, 4.69) is 18.7 Å². The fraction of sp³-hybridized carbons (Fsp3) is 0.625. The first-order chi connectivity index (χ1) is 10.1. The van der Waals surface area contributed by atoms with E-state index in [1.165, 1.54) is 12.8 Å². The second-order valence-electron chi connectivity index (χ2n) is 6.22. The predicted octanol–water partition coefficient (Wildman–Crippen LogP) is 3.19. The number of rotatable bonds is 3. The van der Waals surface area contributed by atoms with E-state index in [0.29, 0.717) is 29.3 Å². The van der Waals surface area contributed by atoms with Gasteiger partial charge in [-0.25, -0.2) is 0 Å². The lowest BCUT2D eigenvalue weighted by atomic mass is 9.91. The van der Waals surface area contributed by atoms with Gasteiger partial charge in [0.2, 0.25) is 6.79 Å². The highest BCUT2D eigenvalue weighted by molar-refractivity contribution is 6.32. The van der Waals surface area contributed by atoms with E-state index in [1.54, 1.807) is 0 Å². The molecule has 0 aliphatic carbocycles. The number of nitrogens with zero attached hydrogens (tertiary/aromatic N) is 1. The lowest BCUT2D eigenvalue weighted by molar-refractivity contribution is 0.0797. The molecule has 1 aromatic carbocycles. The second kappa shape index (κ2) is 6.03. The summed E-state index contributed by atoms with van der Waals surface area (Å²) in [6, 6.07) is 4.71. The molecule has 2 N–H and O–H groups in total. The van der Waals surface area contributed by atoms with E-state index in [-0.39, 0.29) is 12.8 Å². The first kappa shape index (κ1) is 14.9. The number of likely N-dealkylation sites (tertiary alicyclic amines) is 1. The predicted molar refractivity (Wildman–Crippen MR) is 83.9 cm³/mol. The van der Waals surface area contributed by atoms with Crippen LogP contribution in [0.25, 0.3) is 0 Å². The summed E-state index contributed by atoms with van der Waals surface area (Å²) in [5.74, 6) is 2.09. The number of hydrogen-bond donors (Lipinski definition) is 1. The smallest absolute Gasteiger partial charge is 0.231 e. The van der Waals surface area contributed by atoms with Crippen LogP contribution >= 0.6 is 11.6 Å². The van der Waals surface area contributed by atoms with Crippen LogP contribution in [-0.2, 0) is 0 Å². The number of halogens is 1. The van der Waals surface area contributed by atoms with E-state index in [4.69, 9.17) is 26.8 Å². The van der Waals surface area contributed by atoms with Crippen molar-refractivity contribution in [3.63, 3.8) is 0 Å². The normalized spacial score (nSPS) is 26.9. The molecule has 2 aliphatic heterocycles. The van der Waals surface area contributed by atoms with Crippen LogP contribution in [-0.4, -0.2) is 30.8 Å². The van der Waals surface area contributed by atoms with Crippen molar-refractivity contribution in [1.82, 2.24) is 4.90 Å². The maximum Gasteiger partial charge on any atom is 0.231 e. The van der Waals surface area contributed by atoms with Crippen LogP contribution in [0.4, 0.5) is 0 Å². The summed E-state index contributed by atoms with van der Waals surface area (Å²) < 4.78 is 10.9. The van der Waals surface area contributed by atoms with Crippen LogP contribution < -0.4 is 15.2 Å². The van der Waals surface area contributed by atoms with Crippen LogP contribution in [0.15, 0.2) is 12.1 Å². The number of fused-ring (bicyclic) bond motifs is 1. The Morgan fingerprint density at radius 2 is 2.14 bits per heavy atom. The highest BCUT2D eigenvalue weighted by Gasteiger charge is 2.31. The highest BCUT2D eigenvalue weighted by atomic mass is 35.5. The number of piperidine rings is 1. The van der Waals surface area contributed by atoms with Crippen molar-refractivity contribution in [2.24, 2.45) is 11.7 Å². The minimum Gasteiger partial charge on any atom is -0.454 e. The van der Waals surface area contributed by atoms with Crippen molar-refractivity contribution in [2.45, 2.75) is 38.8 Å². The SMILES string of the molecule is CC1CCC(C)N(C(CN)c2cc(Cl)c3c(c2)OCO3)C1. The largest absolute Gasteiger partial charge is 0.454 e. The van der Waals surface area contributed by atoms with Gasteiger partial charge in [-0.15, -0.1) is 0 Å². The van der Waals surface area contributed by atoms with Crippen molar-refractivity contribution >= 4 is 11.6 Å². The van der Waals surface area contributed by atoms with E-state index in [0.717, 1.165) is 17.9 Å². The molecule has 5 heteroatoms. The minimum absolute atomic E-state index is 0.176. The molecule has 2 heterocycles. The molecule has 21 heavy (non-hydrogen) atoms. The molecule has 1 fully saturated rings. The molecule has 3 atom stereocenters. The molecule has 0 aromatic heterocycles. The van der Waals surface area contributed by atoms with Crippen LogP contribution in [0, 0.1) is 5.92 Å². The lowest BCUT2D eigenvalue weighted by Gasteiger charge is -2.42. The zero-order valence-corrected chi connectivity index (χ0v) is 13.4. The topological polar surface area (TPSA) is 47.7 Å². The quantitative estimate of drug-likeness (QED) is 0.931. The Hall–Kier alpha value is -0.970. The Kier molecular flexibility index (Phi) is 4.29. The lowest BCUT2D eigenvalue weighted by Crippen LogP contribution is -2.45. The number of hydrogen-bond acceptors (Lipinski definition) is 4. The van der Waals surface area contributed by atoms with Crippen molar-refractivity contribution in [3.05, 3.63) is 22.7 Å². The van der Waals surface area contributed by atoms with Crippen LogP contribution in [0.5, 0.6) is 11.5 Å². The van der Waals surface area contributed by atoms with Gasteiger partial charge in [-0.1, -0.05) is 18.5 Å². The zero-order chi connectivity index (χ0) is 15.0. The van der Waals surface area contributed by atoms with Gasteiger partial charge in [0.1, 0.15) is 0 Å². The fourth-order valence-electron chi connectivity index (χ4n) is 3.40. The summed E-state index contributed by atoms with van der Waals surface area (Å²) in [7, 11) is 0. The van der Waals surface area contributed by atoms with Gasteiger partial charge in [0.05, 0.1) is 5.02 Å². The van der Waals surface area contributed by atoms with Gasteiger partial charge in [-0.3, -0.25) is 4.90 Å². The summed E-state index contributed by atoms with van der Waals surface area (Å²) in [6.07, 6.45) is 2.51. The zero-order valence-electron chi connectivity index (χ0n) is 12.6.